The highest BCUT2D eigenvalue weighted by Gasteiger charge is 2.28. The highest BCUT2D eigenvalue weighted by molar-refractivity contribution is 5.95. The minimum Gasteiger partial charge on any atom is -0.273 e. The van der Waals surface area contributed by atoms with E-state index < -0.39 is 17.3 Å². The summed E-state index contributed by atoms with van der Waals surface area (Å²) in [6.45, 7) is 7.66. The first-order valence-electron chi connectivity index (χ1n) is 8.15. The summed E-state index contributed by atoms with van der Waals surface area (Å²) < 4.78 is 13.2. The highest BCUT2D eigenvalue weighted by Crippen LogP contribution is 2.15. The van der Waals surface area contributed by atoms with Crippen LogP contribution in [0.5, 0.6) is 0 Å². The monoisotopic (exact) mass is 322 g/mol. The average molecular weight is 322 g/mol. The molecule has 0 aliphatic carbocycles. The number of hydrazine groups is 1. The van der Waals surface area contributed by atoms with E-state index in [0.29, 0.717) is 6.42 Å². The first kappa shape index (κ1) is 19.1. The van der Waals surface area contributed by atoms with E-state index in [0.717, 1.165) is 31.7 Å². The van der Waals surface area contributed by atoms with Gasteiger partial charge in [-0.05, 0) is 45.4 Å². The third-order valence-electron chi connectivity index (χ3n) is 3.46. The number of nitrogens with zero attached hydrogens (tertiary/aromatic N) is 1. The molecule has 5 heteroatoms. The van der Waals surface area contributed by atoms with Crippen LogP contribution < -0.4 is 5.43 Å². The molecule has 4 nitrogen and oxygen atoms in total. The summed E-state index contributed by atoms with van der Waals surface area (Å²) in [7, 11) is 0. The Bertz CT molecular complexity index is 538. The molecule has 1 aromatic rings. The number of benzene rings is 1. The van der Waals surface area contributed by atoms with Crippen LogP contribution in [-0.2, 0) is 4.79 Å². The summed E-state index contributed by atoms with van der Waals surface area (Å²) in [4.78, 5) is 24.7. The molecule has 0 unspecified atom stereocenters. The fourth-order valence-corrected chi connectivity index (χ4v) is 2.21. The molecule has 0 aliphatic heterocycles. The topological polar surface area (TPSA) is 49.4 Å². The first-order valence-corrected chi connectivity index (χ1v) is 8.15. The maximum absolute atomic E-state index is 13.2. The van der Waals surface area contributed by atoms with Gasteiger partial charge in [-0.2, -0.15) is 0 Å². The molecule has 1 aromatic carbocycles. The molecule has 1 N–H and O–H groups in total. The van der Waals surface area contributed by atoms with Gasteiger partial charge < -0.3 is 0 Å². The molecular weight excluding hydrogens is 295 g/mol. The van der Waals surface area contributed by atoms with E-state index in [4.69, 9.17) is 0 Å². The van der Waals surface area contributed by atoms with Crippen molar-refractivity contribution < 1.29 is 14.0 Å². The van der Waals surface area contributed by atoms with Gasteiger partial charge in [-0.25, -0.2) is 9.40 Å². The molecular formula is C18H27FN2O2. The summed E-state index contributed by atoms with van der Waals surface area (Å²) >= 11 is 0. The average Bonchev–Trinajstić information content (AvgIpc) is 2.47. The van der Waals surface area contributed by atoms with Crippen LogP contribution in [0, 0.1) is 5.82 Å². The Kier molecular flexibility index (Phi) is 7.20. The number of carbonyl (C=O) groups is 2. The van der Waals surface area contributed by atoms with Crippen molar-refractivity contribution in [3.05, 3.63) is 35.6 Å². The van der Waals surface area contributed by atoms with Crippen LogP contribution in [0.1, 0.15) is 70.2 Å². The maximum Gasteiger partial charge on any atom is 0.269 e. The van der Waals surface area contributed by atoms with Crippen molar-refractivity contribution in [3.63, 3.8) is 0 Å². The summed E-state index contributed by atoms with van der Waals surface area (Å²) in [6, 6.07) is 5.42. The lowest BCUT2D eigenvalue weighted by atomic mass is 10.1. The molecule has 1 rings (SSSR count). The SMILES string of the molecule is CCCCCCC(=O)N(NC(=O)c1cccc(F)c1)C(C)(C)C. The first-order chi connectivity index (χ1) is 10.8. The second-order valence-electron chi connectivity index (χ2n) is 6.66. The van der Waals surface area contributed by atoms with E-state index in [-0.39, 0.29) is 11.5 Å². The normalized spacial score (nSPS) is 11.2. The highest BCUT2D eigenvalue weighted by atomic mass is 19.1. The Hall–Kier alpha value is -1.91. The van der Waals surface area contributed by atoms with Crippen LogP contribution in [0.15, 0.2) is 24.3 Å². The second-order valence-corrected chi connectivity index (χ2v) is 6.66. The predicted molar refractivity (Wildman–Crippen MR) is 89.2 cm³/mol. The van der Waals surface area contributed by atoms with E-state index in [1.54, 1.807) is 0 Å². The Morgan fingerprint density at radius 3 is 2.43 bits per heavy atom. The molecule has 2 amide bonds. The number of unbranched alkanes of at least 4 members (excludes halogenated alkanes) is 3. The minimum atomic E-state index is -0.551. The number of hydrogen-bond acceptors (Lipinski definition) is 2. The summed E-state index contributed by atoms with van der Waals surface area (Å²) in [5.41, 5.74) is 2.26. The summed E-state index contributed by atoms with van der Waals surface area (Å²) in [5, 5.41) is 1.35. The van der Waals surface area contributed by atoms with Crippen LogP contribution in [-0.4, -0.2) is 22.4 Å². The van der Waals surface area contributed by atoms with Crippen molar-refractivity contribution in [3.8, 4) is 0 Å². The van der Waals surface area contributed by atoms with Crippen molar-refractivity contribution in [2.24, 2.45) is 0 Å². The molecule has 0 fully saturated rings. The number of rotatable bonds is 6. The Balaban J connectivity index is 2.75. The molecule has 0 saturated carbocycles. The second kappa shape index (κ2) is 8.65. The summed E-state index contributed by atoms with van der Waals surface area (Å²) in [6.07, 6.45) is 4.39. The zero-order chi connectivity index (χ0) is 17.5. The molecule has 0 spiro atoms. The number of nitrogens with one attached hydrogen (secondary N) is 1. The van der Waals surface area contributed by atoms with Gasteiger partial charge in [0.05, 0.1) is 5.54 Å². The third-order valence-corrected chi connectivity index (χ3v) is 3.46. The third kappa shape index (κ3) is 6.38. The van der Waals surface area contributed by atoms with E-state index in [2.05, 4.69) is 12.3 Å². The molecule has 0 aliphatic rings. The zero-order valence-electron chi connectivity index (χ0n) is 14.5. The van der Waals surface area contributed by atoms with Crippen LogP contribution in [0.4, 0.5) is 4.39 Å². The molecule has 0 bridgehead atoms. The van der Waals surface area contributed by atoms with Gasteiger partial charge in [0.1, 0.15) is 5.82 Å². The van der Waals surface area contributed by atoms with Crippen molar-refractivity contribution in [1.82, 2.24) is 10.4 Å². The van der Waals surface area contributed by atoms with Crippen molar-refractivity contribution in [2.75, 3.05) is 0 Å². The molecule has 0 aromatic heterocycles. The van der Waals surface area contributed by atoms with E-state index >= 15 is 0 Å². The van der Waals surface area contributed by atoms with Gasteiger partial charge in [-0.1, -0.05) is 32.3 Å². The lowest BCUT2D eigenvalue weighted by Gasteiger charge is -2.35. The van der Waals surface area contributed by atoms with E-state index in [9.17, 15) is 14.0 Å². The number of amides is 2. The Morgan fingerprint density at radius 1 is 1.17 bits per heavy atom. The van der Waals surface area contributed by atoms with Crippen LogP contribution in [0.2, 0.25) is 0 Å². The number of carbonyl (C=O) groups excluding carboxylic acids is 2. The molecule has 128 valence electrons. The molecule has 0 atom stereocenters. The standard InChI is InChI=1S/C18H27FN2O2/c1-5-6-7-8-12-16(22)21(18(2,3)4)20-17(23)14-10-9-11-15(19)13-14/h9-11,13H,5-8,12H2,1-4H3,(H,20,23). The van der Waals surface area contributed by atoms with Crippen molar-refractivity contribution in [1.29, 1.82) is 0 Å². The lowest BCUT2D eigenvalue weighted by molar-refractivity contribution is -0.139. The van der Waals surface area contributed by atoms with Gasteiger partial charge in [0.2, 0.25) is 5.91 Å². The van der Waals surface area contributed by atoms with Gasteiger partial charge in [-0.3, -0.25) is 15.0 Å². The van der Waals surface area contributed by atoms with Crippen molar-refractivity contribution in [2.45, 2.75) is 65.3 Å². The van der Waals surface area contributed by atoms with Crippen molar-refractivity contribution >= 4 is 11.8 Å². The predicted octanol–water partition coefficient (Wildman–Crippen LogP) is 4.07. The number of hydrogen-bond donors (Lipinski definition) is 1. The molecule has 0 heterocycles. The minimum absolute atomic E-state index is 0.127. The van der Waals surface area contributed by atoms with Gasteiger partial charge >= 0.3 is 0 Å². The quantitative estimate of drug-likeness (QED) is 0.634. The number of halogens is 1. The lowest BCUT2D eigenvalue weighted by Crippen LogP contribution is -2.55. The van der Waals surface area contributed by atoms with E-state index in [1.807, 2.05) is 20.8 Å². The summed E-state index contributed by atoms with van der Waals surface area (Å²) in [5.74, 6) is -1.09. The smallest absolute Gasteiger partial charge is 0.269 e. The molecule has 0 radical (unpaired) electrons. The van der Waals surface area contributed by atoms with Gasteiger partial charge in [0.25, 0.3) is 5.91 Å². The fraction of sp³-hybridized carbons (Fsp3) is 0.556. The van der Waals surface area contributed by atoms with Gasteiger partial charge in [0, 0.05) is 12.0 Å². The van der Waals surface area contributed by atoms with Crippen LogP contribution in [0.25, 0.3) is 0 Å². The Morgan fingerprint density at radius 2 is 1.87 bits per heavy atom. The largest absolute Gasteiger partial charge is 0.273 e. The fourth-order valence-electron chi connectivity index (χ4n) is 2.21. The van der Waals surface area contributed by atoms with Gasteiger partial charge in [-0.15, -0.1) is 0 Å². The maximum atomic E-state index is 13.2. The van der Waals surface area contributed by atoms with Crippen LogP contribution in [0.3, 0.4) is 0 Å². The zero-order valence-corrected chi connectivity index (χ0v) is 14.5. The molecule has 23 heavy (non-hydrogen) atoms. The van der Waals surface area contributed by atoms with Gasteiger partial charge in [0.15, 0.2) is 0 Å². The van der Waals surface area contributed by atoms with Crippen LogP contribution >= 0.6 is 0 Å². The van der Waals surface area contributed by atoms with E-state index in [1.165, 1.54) is 23.2 Å². The Labute approximate surface area is 138 Å². The molecule has 0 saturated heterocycles.